The third kappa shape index (κ3) is 2.51. The minimum absolute atomic E-state index is 0.317. The summed E-state index contributed by atoms with van der Waals surface area (Å²) in [4.78, 5) is 4.60. The van der Waals surface area contributed by atoms with Gasteiger partial charge in [0, 0.05) is 6.54 Å². The summed E-state index contributed by atoms with van der Waals surface area (Å²) in [5.74, 6) is -0.355. The number of rotatable bonds is 3. The third-order valence-electron chi connectivity index (χ3n) is 1.59. The molecule has 0 bridgehead atoms. The van der Waals surface area contributed by atoms with Gasteiger partial charge in [-0.3, -0.25) is 0 Å². The first kappa shape index (κ1) is 9.65. The molecule has 0 amide bonds. The van der Waals surface area contributed by atoms with Crippen molar-refractivity contribution < 1.29 is 9.23 Å². The van der Waals surface area contributed by atoms with Crippen molar-refractivity contribution in [2.45, 2.75) is 6.54 Å². The Balaban J connectivity index is 2.89. The molecule has 0 radical (unpaired) electrons. The molecule has 0 aliphatic rings. The molecular weight excluding hydrogens is 171 g/mol. The van der Waals surface area contributed by atoms with Gasteiger partial charge in [0.05, 0.1) is 18.7 Å². The van der Waals surface area contributed by atoms with Crippen LogP contribution in [0.25, 0.3) is 0 Å². The fraction of sp³-hybridized carbons (Fsp3) is 0.222. The Hall–Kier alpha value is -1.44. The Morgan fingerprint density at radius 3 is 3.00 bits per heavy atom. The number of benzene rings is 1. The highest BCUT2D eigenvalue weighted by atomic mass is 19.1. The van der Waals surface area contributed by atoms with E-state index in [1.807, 2.05) is 6.07 Å². The summed E-state index contributed by atoms with van der Waals surface area (Å²) >= 11 is 0. The van der Waals surface area contributed by atoms with Crippen LogP contribution < -0.4 is 5.48 Å². The van der Waals surface area contributed by atoms with E-state index in [4.69, 9.17) is 5.26 Å². The summed E-state index contributed by atoms with van der Waals surface area (Å²) in [5, 5.41) is 8.67. The van der Waals surface area contributed by atoms with Crippen LogP contribution in [0.5, 0.6) is 0 Å². The number of halogens is 1. The largest absolute Gasteiger partial charge is 0.305 e. The summed E-state index contributed by atoms with van der Waals surface area (Å²) in [6.07, 6.45) is 0. The minimum Gasteiger partial charge on any atom is -0.305 e. The van der Waals surface area contributed by atoms with Gasteiger partial charge in [-0.2, -0.15) is 10.7 Å². The zero-order valence-electron chi connectivity index (χ0n) is 7.17. The highest BCUT2D eigenvalue weighted by molar-refractivity contribution is 5.37. The second-order valence-corrected chi connectivity index (χ2v) is 2.44. The molecule has 0 saturated heterocycles. The van der Waals surface area contributed by atoms with Crippen LogP contribution in [0.2, 0.25) is 0 Å². The van der Waals surface area contributed by atoms with E-state index < -0.39 is 0 Å². The van der Waals surface area contributed by atoms with Crippen LogP contribution in [0.1, 0.15) is 11.1 Å². The van der Waals surface area contributed by atoms with Gasteiger partial charge in [0.15, 0.2) is 0 Å². The van der Waals surface area contributed by atoms with E-state index in [9.17, 15) is 4.39 Å². The van der Waals surface area contributed by atoms with Gasteiger partial charge in [0.2, 0.25) is 0 Å². The Labute approximate surface area is 75.7 Å². The molecule has 4 heteroatoms. The van der Waals surface area contributed by atoms with E-state index >= 15 is 0 Å². The van der Waals surface area contributed by atoms with Crippen molar-refractivity contribution in [3.8, 4) is 6.07 Å². The fourth-order valence-corrected chi connectivity index (χ4v) is 0.968. The summed E-state index contributed by atoms with van der Waals surface area (Å²) in [6, 6.07) is 5.98. The van der Waals surface area contributed by atoms with Crippen LogP contribution in [0, 0.1) is 17.1 Å². The van der Waals surface area contributed by atoms with E-state index in [1.165, 1.54) is 25.3 Å². The first-order valence-electron chi connectivity index (χ1n) is 3.72. The fourth-order valence-electron chi connectivity index (χ4n) is 0.968. The Bertz CT molecular complexity index is 333. The van der Waals surface area contributed by atoms with Gasteiger partial charge in [-0.1, -0.05) is 0 Å². The molecule has 3 nitrogen and oxygen atoms in total. The monoisotopic (exact) mass is 180 g/mol. The number of nitrogens with zero attached hydrogens (tertiary/aromatic N) is 1. The van der Waals surface area contributed by atoms with E-state index in [0.717, 1.165) is 0 Å². The average molecular weight is 180 g/mol. The summed E-state index contributed by atoms with van der Waals surface area (Å²) in [5.41, 5.74) is 3.59. The third-order valence-corrected chi connectivity index (χ3v) is 1.59. The standard InChI is InChI=1S/C9H9FN2O/c1-13-12-6-8-4-9(10)3-2-7(8)5-11/h2-4,12H,6H2,1H3. The van der Waals surface area contributed by atoms with Gasteiger partial charge >= 0.3 is 0 Å². The smallest absolute Gasteiger partial charge is 0.123 e. The SMILES string of the molecule is CONCc1cc(F)ccc1C#N. The number of hydrogen-bond acceptors (Lipinski definition) is 3. The van der Waals surface area contributed by atoms with E-state index in [1.54, 1.807) is 0 Å². The van der Waals surface area contributed by atoms with Gasteiger partial charge in [-0.05, 0) is 23.8 Å². The van der Waals surface area contributed by atoms with Crippen molar-refractivity contribution in [1.82, 2.24) is 5.48 Å². The average Bonchev–Trinajstić information content (AvgIpc) is 2.15. The minimum atomic E-state index is -0.355. The maximum Gasteiger partial charge on any atom is 0.123 e. The number of nitriles is 1. The molecule has 0 unspecified atom stereocenters. The Morgan fingerprint density at radius 1 is 1.62 bits per heavy atom. The first-order chi connectivity index (χ1) is 6.27. The second kappa shape index (κ2) is 4.55. The maximum absolute atomic E-state index is 12.7. The first-order valence-corrected chi connectivity index (χ1v) is 3.72. The molecule has 1 rings (SSSR count). The Kier molecular flexibility index (Phi) is 3.38. The molecule has 0 saturated carbocycles. The topological polar surface area (TPSA) is 45.0 Å². The summed E-state index contributed by atoms with van der Waals surface area (Å²) < 4.78 is 12.7. The summed E-state index contributed by atoms with van der Waals surface area (Å²) in [6.45, 7) is 0.317. The van der Waals surface area contributed by atoms with Gasteiger partial charge in [0.25, 0.3) is 0 Å². The Morgan fingerprint density at radius 2 is 2.38 bits per heavy atom. The second-order valence-electron chi connectivity index (χ2n) is 2.44. The highest BCUT2D eigenvalue weighted by Crippen LogP contribution is 2.09. The van der Waals surface area contributed by atoms with Gasteiger partial charge < -0.3 is 4.84 Å². The normalized spacial score (nSPS) is 9.62. The molecule has 0 fully saturated rings. The van der Waals surface area contributed by atoms with Crippen LogP contribution >= 0.6 is 0 Å². The number of hydrogen-bond donors (Lipinski definition) is 1. The number of nitrogens with one attached hydrogen (secondary N) is 1. The van der Waals surface area contributed by atoms with Gasteiger partial charge in [-0.15, -0.1) is 0 Å². The van der Waals surface area contributed by atoms with Crippen LogP contribution in [0.15, 0.2) is 18.2 Å². The quantitative estimate of drug-likeness (QED) is 0.714. The lowest BCUT2D eigenvalue weighted by Gasteiger charge is -2.03. The van der Waals surface area contributed by atoms with Crippen LogP contribution in [0.3, 0.4) is 0 Å². The van der Waals surface area contributed by atoms with E-state index in [0.29, 0.717) is 17.7 Å². The molecular formula is C9H9FN2O. The van der Waals surface area contributed by atoms with E-state index in [2.05, 4.69) is 10.3 Å². The molecule has 13 heavy (non-hydrogen) atoms. The lowest BCUT2D eigenvalue weighted by molar-refractivity contribution is 0.0866. The number of hydroxylamine groups is 1. The van der Waals surface area contributed by atoms with Crippen LogP contribution in [-0.4, -0.2) is 7.11 Å². The van der Waals surface area contributed by atoms with Crippen LogP contribution in [-0.2, 0) is 11.4 Å². The maximum atomic E-state index is 12.7. The van der Waals surface area contributed by atoms with Gasteiger partial charge in [0.1, 0.15) is 5.82 Å². The predicted molar refractivity (Wildman–Crippen MR) is 45.0 cm³/mol. The van der Waals surface area contributed by atoms with Crippen molar-refractivity contribution in [1.29, 1.82) is 5.26 Å². The lowest BCUT2D eigenvalue weighted by Crippen LogP contribution is -2.12. The van der Waals surface area contributed by atoms with Crippen molar-refractivity contribution in [3.63, 3.8) is 0 Å². The molecule has 0 atom stereocenters. The zero-order valence-corrected chi connectivity index (χ0v) is 7.17. The highest BCUT2D eigenvalue weighted by Gasteiger charge is 2.02. The van der Waals surface area contributed by atoms with Crippen molar-refractivity contribution >= 4 is 0 Å². The molecule has 0 heterocycles. The lowest BCUT2D eigenvalue weighted by atomic mass is 10.1. The summed E-state index contributed by atoms with van der Waals surface area (Å²) in [7, 11) is 1.46. The molecule has 1 aromatic rings. The molecule has 0 aliphatic heterocycles. The van der Waals surface area contributed by atoms with Crippen LogP contribution in [0.4, 0.5) is 4.39 Å². The van der Waals surface area contributed by atoms with Crippen molar-refractivity contribution in [2.24, 2.45) is 0 Å². The van der Waals surface area contributed by atoms with Crippen molar-refractivity contribution in [2.75, 3.05) is 7.11 Å². The van der Waals surface area contributed by atoms with Gasteiger partial charge in [-0.25, -0.2) is 4.39 Å². The van der Waals surface area contributed by atoms with Crippen molar-refractivity contribution in [3.05, 3.63) is 35.1 Å². The molecule has 0 spiro atoms. The molecule has 0 aromatic heterocycles. The molecule has 68 valence electrons. The zero-order chi connectivity index (χ0) is 9.68. The molecule has 1 N–H and O–H groups in total. The predicted octanol–water partition coefficient (Wildman–Crippen LogP) is 1.35. The molecule has 1 aromatic carbocycles. The van der Waals surface area contributed by atoms with E-state index in [-0.39, 0.29) is 5.82 Å². The molecule has 0 aliphatic carbocycles.